The first kappa shape index (κ1) is 6.09. The summed E-state index contributed by atoms with van der Waals surface area (Å²) >= 11 is 0. The maximum absolute atomic E-state index is 4.06. The first-order valence-electron chi connectivity index (χ1n) is 3.16. The fraction of sp³-hybridized carbons (Fsp3) is 0.167. The normalized spacial score (nSPS) is 10.3. The van der Waals surface area contributed by atoms with Crippen molar-refractivity contribution in [2.45, 2.75) is 0 Å². The fourth-order valence-electron chi connectivity index (χ4n) is 0.808. The van der Waals surface area contributed by atoms with E-state index in [9.17, 15) is 0 Å². The molecule has 0 bridgehead atoms. The average molecular weight is 148 g/mol. The minimum atomic E-state index is 0.568. The summed E-state index contributed by atoms with van der Waals surface area (Å²) in [5.41, 5.74) is 1.42. The first-order valence-corrected chi connectivity index (χ1v) is 3.16. The zero-order valence-corrected chi connectivity index (χ0v) is 5.92. The third-order valence-electron chi connectivity index (χ3n) is 1.34. The molecule has 0 saturated carbocycles. The van der Waals surface area contributed by atoms with Crippen LogP contribution in [0.5, 0.6) is 0 Å². The third kappa shape index (κ3) is 0.899. The molecule has 2 N–H and O–H groups in total. The van der Waals surface area contributed by atoms with Gasteiger partial charge in [0.05, 0.1) is 6.20 Å². The zero-order chi connectivity index (χ0) is 7.68. The summed E-state index contributed by atoms with van der Waals surface area (Å²) in [6.45, 7) is 0. The highest BCUT2D eigenvalue weighted by Crippen LogP contribution is 2.05. The number of hydrogen-bond acceptors (Lipinski definition) is 4. The molecule has 0 aliphatic rings. The molecular formula is C6H6N5. The van der Waals surface area contributed by atoms with E-state index in [4.69, 9.17) is 0 Å². The Bertz CT molecular complexity index is 366. The van der Waals surface area contributed by atoms with Crippen molar-refractivity contribution in [3.63, 3.8) is 0 Å². The number of nitrogens with one attached hydrogen (secondary N) is 2. The van der Waals surface area contributed by atoms with Crippen LogP contribution in [0.25, 0.3) is 11.2 Å². The van der Waals surface area contributed by atoms with Crippen LogP contribution < -0.4 is 5.32 Å². The van der Waals surface area contributed by atoms with Gasteiger partial charge in [-0.2, -0.15) is 4.98 Å². The lowest BCUT2D eigenvalue weighted by atomic mass is 10.6. The van der Waals surface area contributed by atoms with Crippen molar-refractivity contribution in [1.29, 1.82) is 0 Å². The van der Waals surface area contributed by atoms with Crippen LogP contribution in [-0.2, 0) is 0 Å². The van der Waals surface area contributed by atoms with Crippen molar-refractivity contribution in [2.75, 3.05) is 12.4 Å². The molecule has 5 heteroatoms. The Balaban J connectivity index is 2.67. The van der Waals surface area contributed by atoms with E-state index in [1.165, 1.54) is 0 Å². The second-order valence-electron chi connectivity index (χ2n) is 2.03. The van der Waals surface area contributed by atoms with E-state index in [1.807, 2.05) is 0 Å². The number of rotatable bonds is 1. The third-order valence-corrected chi connectivity index (χ3v) is 1.34. The predicted molar refractivity (Wildman–Crippen MR) is 40.1 cm³/mol. The van der Waals surface area contributed by atoms with Gasteiger partial charge in [-0.05, 0) is 0 Å². The molecular weight excluding hydrogens is 142 g/mol. The molecule has 2 rings (SSSR count). The van der Waals surface area contributed by atoms with E-state index >= 15 is 0 Å². The fourth-order valence-corrected chi connectivity index (χ4v) is 0.808. The van der Waals surface area contributed by atoms with E-state index in [0.29, 0.717) is 11.6 Å². The maximum Gasteiger partial charge on any atom is 0.224 e. The van der Waals surface area contributed by atoms with Crippen LogP contribution in [0, 0.1) is 6.33 Å². The van der Waals surface area contributed by atoms with Crippen LogP contribution in [0.2, 0.25) is 0 Å². The highest BCUT2D eigenvalue weighted by Gasteiger charge is 1.98. The van der Waals surface area contributed by atoms with Crippen molar-refractivity contribution in [3.8, 4) is 0 Å². The number of aromatic nitrogens is 4. The van der Waals surface area contributed by atoms with Gasteiger partial charge >= 0.3 is 0 Å². The Morgan fingerprint density at radius 3 is 3.36 bits per heavy atom. The highest BCUT2D eigenvalue weighted by atomic mass is 15.1. The lowest BCUT2D eigenvalue weighted by Gasteiger charge is -1.94. The summed E-state index contributed by atoms with van der Waals surface area (Å²) in [5.74, 6) is 0.568. The molecule has 0 aliphatic carbocycles. The molecule has 2 aromatic rings. The smallest absolute Gasteiger partial charge is 0.224 e. The van der Waals surface area contributed by atoms with Gasteiger partial charge in [-0.3, -0.25) is 0 Å². The summed E-state index contributed by atoms with van der Waals surface area (Å²) in [6, 6.07) is 0. The van der Waals surface area contributed by atoms with Gasteiger partial charge in [0.15, 0.2) is 12.0 Å². The van der Waals surface area contributed by atoms with Crippen LogP contribution >= 0.6 is 0 Å². The molecule has 0 aliphatic heterocycles. The zero-order valence-electron chi connectivity index (χ0n) is 5.92. The predicted octanol–water partition coefficient (Wildman–Crippen LogP) is 0.195. The molecule has 0 saturated heterocycles. The van der Waals surface area contributed by atoms with Gasteiger partial charge in [0.2, 0.25) is 5.95 Å². The molecule has 0 aromatic carbocycles. The standard InChI is InChI=1S/C6H6N5/c1-7-6-8-2-4-5(11-6)10-3-9-4/h2H,1H3,(H2,7,8,9,10,11). The van der Waals surface area contributed by atoms with Crippen molar-refractivity contribution in [1.82, 2.24) is 19.9 Å². The summed E-state index contributed by atoms with van der Waals surface area (Å²) in [6.07, 6.45) is 4.25. The van der Waals surface area contributed by atoms with E-state index < -0.39 is 0 Å². The van der Waals surface area contributed by atoms with Gasteiger partial charge in [-0.1, -0.05) is 0 Å². The molecule has 5 nitrogen and oxygen atoms in total. The lowest BCUT2D eigenvalue weighted by molar-refractivity contribution is 1.18. The average Bonchev–Trinajstić information content (AvgIpc) is 2.50. The number of nitrogens with zero attached hydrogens (tertiary/aromatic N) is 3. The molecule has 0 spiro atoms. The molecule has 0 atom stereocenters. The van der Waals surface area contributed by atoms with E-state index in [-0.39, 0.29) is 0 Å². The van der Waals surface area contributed by atoms with Crippen LogP contribution in [0.15, 0.2) is 6.20 Å². The van der Waals surface area contributed by atoms with Gasteiger partial charge in [0.25, 0.3) is 0 Å². The molecule has 0 fully saturated rings. The van der Waals surface area contributed by atoms with Gasteiger partial charge in [0.1, 0.15) is 5.52 Å². The van der Waals surface area contributed by atoms with Gasteiger partial charge in [0, 0.05) is 7.05 Å². The summed E-state index contributed by atoms with van der Waals surface area (Å²) < 4.78 is 0. The molecule has 55 valence electrons. The van der Waals surface area contributed by atoms with Gasteiger partial charge in [-0.25, -0.2) is 9.97 Å². The Kier molecular flexibility index (Phi) is 1.21. The van der Waals surface area contributed by atoms with Crippen molar-refractivity contribution < 1.29 is 0 Å². The Labute approximate surface area is 62.9 Å². The Hall–Kier alpha value is -1.65. The van der Waals surface area contributed by atoms with E-state index in [0.717, 1.165) is 5.52 Å². The molecule has 1 radical (unpaired) electrons. The first-order chi connectivity index (χ1) is 5.40. The molecule has 2 heterocycles. The topological polar surface area (TPSA) is 66.5 Å². The van der Waals surface area contributed by atoms with Crippen LogP contribution in [0.3, 0.4) is 0 Å². The number of H-pyrrole nitrogens is 1. The van der Waals surface area contributed by atoms with Gasteiger partial charge < -0.3 is 10.3 Å². The summed E-state index contributed by atoms with van der Waals surface area (Å²) in [5, 5.41) is 2.82. The number of fused-ring (bicyclic) bond motifs is 1. The summed E-state index contributed by atoms with van der Waals surface area (Å²) in [7, 11) is 1.76. The number of anilines is 1. The SMILES string of the molecule is CNc1ncc2[nH][c]nc2n1. The van der Waals surface area contributed by atoms with Crippen LogP contribution in [0.4, 0.5) is 5.95 Å². The van der Waals surface area contributed by atoms with Crippen molar-refractivity contribution in [3.05, 3.63) is 12.5 Å². The van der Waals surface area contributed by atoms with Crippen molar-refractivity contribution >= 4 is 17.1 Å². The number of hydrogen-bond donors (Lipinski definition) is 2. The Morgan fingerprint density at radius 2 is 2.55 bits per heavy atom. The molecule has 0 unspecified atom stereocenters. The van der Waals surface area contributed by atoms with Crippen LogP contribution in [0.1, 0.15) is 0 Å². The van der Waals surface area contributed by atoms with Crippen LogP contribution in [-0.4, -0.2) is 27.0 Å². The van der Waals surface area contributed by atoms with Gasteiger partial charge in [-0.15, -0.1) is 0 Å². The van der Waals surface area contributed by atoms with Crippen molar-refractivity contribution in [2.24, 2.45) is 0 Å². The minimum absolute atomic E-state index is 0.568. The number of aromatic amines is 1. The quantitative estimate of drug-likeness (QED) is 0.606. The lowest BCUT2D eigenvalue weighted by Crippen LogP contribution is -1.95. The maximum atomic E-state index is 4.06. The molecule has 11 heavy (non-hydrogen) atoms. The van der Waals surface area contributed by atoms with E-state index in [2.05, 4.69) is 31.6 Å². The monoisotopic (exact) mass is 148 g/mol. The minimum Gasteiger partial charge on any atom is -0.357 e. The second-order valence-corrected chi connectivity index (χ2v) is 2.03. The Morgan fingerprint density at radius 1 is 1.64 bits per heavy atom. The largest absolute Gasteiger partial charge is 0.357 e. The number of imidazole rings is 1. The highest BCUT2D eigenvalue weighted by molar-refractivity contribution is 5.69. The molecule has 0 amide bonds. The summed E-state index contributed by atoms with van der Waals surface area (Å²) in [4.78, 5) is 14.7. The second kappa shape index (κ2) is 2.19. The molecule has 2 aromatic heterocycles. The van der Waals surface area contributed by atoms with E-state index in [1.54, 1.807) is 13.2 Å².